The van der Waals surface area contributed by atoms with Crippen molar-refractivity contribution < 1.29 is 4.79 Å². The molecule has 2 aliphatic heterocycles. The van der Waals surface area contributed by atoms with E-state index in [4.69, 9.17) is 0 Å². The van der Waals surface area contributed by atoms with Crippen molar-refractivity contribution in [3.05, 3.63) is 72.3 Å². The molecule has 0 aromatic heterocycles. The smallest absolute Gasteiger partial charge is 0.242 e. The average Bonchev–Trinajstić information content (AvgIpc) is 2.99. The highest BCUT2D eigenvalue weighted by molar-refractivity contribution is 6.07. The lowest BCUT2D eigenvalue weighted by molar-refractivity contribution is -0.116. The number of rotatable bonds is 2. The molecular weight excluding hydrogens is 260 g/mol. The number of para-hydroxylation sites is 1. The molecule has 2 aromatic rings. The fourth-order valence-electron chi connectivity index (χ4n) is 3.33. The summed E-state index contributed by atoms with van der Waals surface area (Å²) in [6.45, 7) is 5.44. The van der Waals surface area contributed by atoms with Gasteiger partial charge in [0.15, 0.2) is 0 Å². The minimum absolute atomic E-state index is 0.0323. The van der Waals surface area contributed by atoms with E-state index in [2.05, 4.69) is 23.6 Å². The van der Waals surface area contributed by atoms with Crippen molar-refractivity contribution in [3.8, 4) is 0 Å². The van der Waals surface area contributed by atoms with Crippen LogP contribution in [0, 0.1) is 0 Å². The van der Waals surface area contributed by atoms with Crippen LogP contribution in [-0.2, 0) is 11.3 Å². The number of fused-ring (bicyclic) bond motifs is 3. The number of benzene rings is 2. The highest BCUT2D eigenvalue weighted by Gasteiger charge is 2.45. The highest BCUT2D eigenvalue weighted by Crippen LogP contribution is 2.43. The molecular formula is C18H16N2O. The van der Waals surface area contributed by atoms with Gasteiger partial charge in [0.25, 0.3) is 0 Å². The Balaban J connectivity index is 1.69. The molecule has 3 heteroatoms. The summed E-state index contributed by atoms with van der Waals surface area (Å²) >= 11 is 0. The van der Waals surface area contributed by atoms with Crippen molar-refractivity contribution in [2.45, 2.75) is 12.7 Å². The van der Waals surface area contributed by atoms with Gasteiger partial charge in [-0.25, -0.2) is 0 Å². The Morgan fingerprint density at radius 1 is 1.05 bits per heavy atom. The van der Waals surface area contributed by atoms with Gasteiger partial charge < -0.3 is 0 Å². The highest BCUT2D eigenvalue weighted by atomic mass is 16.2. The van der Waals surface area contributed by atoms with Crippen LogP contribution in [0.25, 0.3) is 5.57 Å². The number of nitrogens with zero attached hydrogens (tertiary/aromatic N) is 2. The van der Waals surface area contributed by atoms with Crippen molar-refractivity contribution in [2.24, 2.45) is 0 Å². The first kappa shape index (κ1) is 12.4. The van der Waals surface area contributed by atoms with Crippen LogP contribution >= 0.6 is 0 Å². The largest absolute Gasteiger partial charge is 0.290 e. The van der Waals surface area contributed by atoms with Crippen molar-refractivity contribution in [1.82, 2.24) is 4.90 Å². The lowest BCUT2D eigenvalue weighted by Gasteiger charge is -2.24. The molecule has 2 aliphatic rings. The van der Waals surface area contributed by atoms with Gasteiger partial charge in [-0.1, -0.05) is 55.1 Å². The normalized spacial score (nSPS) is 20.8. The van der Waals surface area contributed by atoms with E-state index in [1.54, 1.807) is 0 Å². The molecule has 3 nitrogen and oxygen atoms in total. The maximum atomic E-state index is 12.4. The molecule has 104 valence electrons. The fourth-order valence-corrected chi connectivity index (χ4v) is 3.33. The summed E-state index contributed by atoms with van der Waals surface area (Å²) in [5.74, 6) is 0.155. The zero-order valence-corrected chi connectivity index (χ0v) is 11.7. The van der Waals surface area contributed by atoms with Gasteiger partial charge in [0, 0.05) is 12.1 Å². The Bertz CT molecular complexity index is 723. The molecule has 21 heavy (non-hydrogen) atoms. The van der Waals surface area contributed by atoms with E-state index in [9.17, 15) is 4.79 Å². The number of hydrogen-bond donors (Lipinski definition) is 0. The molecule has 0 N–H and O–H groups in total. The lowest BCUT2D eigenvalue weighted by Crippen LogP contribution is -2.36. The van der Waals surface area contributed by atoms with Crippen molar-refractivity contribution in [1.29, 1.82) is 0 Å². The molecule has 1 fully saturated rings. The second kappa shape index (κ2) is 4.57. The van der Waals surface area contributed by atoms with Crippen LogP contribution in [0.3, 0.4) is 0 Å². The molecule has 2 aromatic carbocycles. The molecule has 1 saturated heterocycles. The van der Waals surface area contributed by atoms with Crippen LogP contribution in [0.1, 0.15) is 11.1 Å². The molecule has 0 radical (unpaired) electrons. The van der Waals surface area contributed by atoms with E-state index in [-0.39, 0.29) is 12.1 Å². The number of carbonyl (C=O) groups is 1. The summed E-state index contributed by atoms with van der Waals surface area (Å²) in [4.78, 5) is 16.5. The van der Waals surface area contributed by atoms with E-state index in [1.807, 2.05) is 47.4 Å². The van der Waals surface area contributed by atoms with Crippen LogP contribution in [-0.4, -0.2) is 23.5 Å². The third kappa shape index (κ3) is 1.82. The van der Waals surface area contributed by atoms with Crippen LogP contribution in [0.15, 0.2) is 61.2 Å². The molecule has 0 bridgehead atoms. The summed E-state index contributed by atoms with van der Waals surface area (Å²) < 4.78 is 0. The van der Waals surface area contributed by atoms with Gasteiger partial charge in [0.1, 0.15) is 6.17 Å². The molecule has 2 heterocycles. The lowest BCUT2D eigenvalue weighted by atomic mass is 10.1. The second-order valence-electron chi connectivity index (χ2n) is 5.57. The number of hydrogen-bond acceptors (Lipinski definition) is 2. The number of anilines is 1. The van der Waals surface area contributed by atoms with Crippen molar-refractivity contribution >= 4 is 17.2 Å². The zero-order valence-electron chi connectivity index (χ0n) is 11.7. The standard InChI is InChI=1S/C18H16N2O/c1-13-15-9-5-6-10-16(15)20-17(21)12-19(18(13)20)11-14-7-3-2-4-8-14/h2-10,18H,1,11-12H2. The summed E-state index contributed by atoms with van der Waals surface area (Å²) in [6.07, 6.45) is -0.0323. The predicted molar refractivity (Wildman–Crippen MR) is 83.6 cm³/mol. The van der Waals surface area contributed by atoms with Crippen LogP contribution in [0.2, 0.25) is 0 Å². The quantitative estimate of drug-likeness (QED) is 0.842. The molecule has 1 unspecified atom stereocenters. The molecule has 0 spiro atoms. The summed E-state index contributed by atoms with van der Waals surface area (Å²) in [5.41, 5.74) is 4.32. The van der Waals surface area contributed by atoms with E-state index < -0.39 is 0 Å². The average molecular weight is 276 g/mol. The summed E-state index contributed by atoms with van der Waals surface area (Å²) in [6, 6.07) is 18.3. The van der Waals surface area contributed by atoms with Gasteiger partial charge >= 0.3 is 0 Å². The van der Waals surface area contributed by atoms with Crippen molar-refractivity contribution in [3.63, 3.8) is 0 Å². The number of carbonyl (C=O) groups excluding carboxylic acids is 1. The van der Waals surface area contributed by atoms with Gasteiger partial charge in [-0.15, -0.1) is 0 Å². The third-order valence-electron chi connectivity index (χ3n) is 4.25. The van der Waals surface area contributed by atoms with Crippen LogP contribution in [0.4, 0.5) is 5.69 Å². The van der Waals surface area contributed by atoms with E-state index in [0.717, 1.165) is 23.4 Å². The summed E-state index contributed by atoms with van der Waals surface area (Å²) in [7, 11) is 0. The molecule has 0 saturated carbocycles. The van der Waals surface area contributed by atoms with Gasteiger partial charge in [-0.05, 0) is 17.2 Å². The van der Waals surface area contributed by atoms with Gasteiger partial charge in [-0.2, -0.15) is 0 Å². The van der Waals surface area contributed by atoms with Gasteiger partial charge in [0.05, 0.1) is 12.2 Å². The molecule has 1 atom stereocenters. The first-order valence-corrected chi connectivity index (χ1v) is 7.14. The Morgan fingerprint density at radius 2 is 1.76 bits per heavy atom. The molecule has 4 rings (SSSR count). The summed E-state index contributed by atoms with van der Waals surface area (Å²) in [5, 5.41) is 0. The third-order valence-corrected chi connectivity index (χ3v) is 4.25. The van der Waals surface area contributed by atoms with E-state index >= 15 is 0 Å². The van der Waals surface area contributed by atoms with Crippen molar-refractivity contribution in [2.75, 3.05) is 11.4 Å². The maximum absolute atomic E-state index is 12.4. The zero-order chi connectivity index (χ0) is 14.4. The SMILES string of the molecule is C=C1c2ccccc2N2C(=O)CN(Cc3ccccc3)C12. The Morgan fingerprint density at radius 3 is 2.57 bits per heavy atom. The minimum atomic E-state index is -0.0323. The topological polar surface area (TPSA) is 23.6 Å². The first-order valence-electron chi connectivity index (χ1n) is 7.14. The Kier molecular flexibility index (Phi) is 2.69. The minimum Gasteiger partial charge on any atom is -0.290 e. The van der Waals surface area contributed by atoms with Gasteiger partial charge in [0.2, 0.25) is 5.91 Å². The first-order chi connectivity index (χ1) is 10.3. The molecule has 0 aliphatic carbocycles. The monoisotopic (exact) mass is 276 g/mol. The van der Waals surface area contributed by atoms with Crippen LogP contribution < -0.4 is 4.90 Å². The Hall–Kier alpha value is -2.39. The van der Waals surface area contributed by atoms with Crippen LogP contribution in [0.5, 0.6) is 0 Å². The van der Waals surface area contributed by atoms with E-state index in [1.165, 1.54) is 5.56 Å². The Labute approximate surface area is 124 Å². The molecule has 1 amide bonds. The maximum Gasteiger partial charge on any atom is 0.242 e. The number of amides is 1. The van der Waals surface area contributed by atoms with Gasteiger partial charge in [-0.3, -0.25) is 14.6 Å². The van der Waals surface area contributed by atoms with E-state index in [0.29, 0.717) is 6.54 Å². The second-order valence-corrected chi connectivity index (χ2v) is 5.57. The fraction of sp³-hybridized carbons (Fsp3) is 0.167. The predicted octanol–water partition coefficient (Wildman–Crippen LogP) is 2.89.